The summed E-state index contributed by atoms with van der Waals surface area (Å²) in [5.41, 5.74) is 2.82. The second-order valence-electron chi connectivity index (χ2n) is 4.93. The van der Waals surface area contributed by atoms with Crippen LogP contribution in [0.3, 0.4) is 0 Å². The van der Waals surface area contributed by atoms with Crippen LogP contribution in [0.25, 0.3) is 11.0 Å². The molecule has 0 atom stereocenters. The number of para-hydroxylation sites is 2. The fourth-order valence-corrected chi connectivity index (χ4v) is 2.15. The van der Waals surface area contributed by atoms with Gasteiger partial charge in [0.1, 0.15) is 5.69 Å². The molecular formula is C15H15N5O. The molecule has 0 saturated carbocycles. The van der Waals surface area contributed by atoms with Gasteiger partial charge in [-0.05, 0) is 12.1 Å². The van der Waals surface area contributed by atoms with E-state index in [-0.39, 0.29) is 5.91 Å². The van der Waals surface area contributed by atoms with Crippen LogP contribution < -0.4 is 0 Å². The summed E-state index contributed by atoms with van der Waals surface area (Å²) in [4.78, 5) is 22.6. The third-order valence-electron chi connectivity index (χ3n) is 3.19. The molecule has 3 rings (SSSR count). The summed E-state index contributed by atoms with van der Waals surface area (Å²) < 4.78 is 1.71. The van der Waals surface area contributed by atoms with Crippen molar-refractivity contribution in [1.82, 2.24) is 24.6 Å². The number of carbonyl (C=O) groups is 1. The minimum Gasteiger partial charge on any atom is -0.336 e. The monoisotopic (exact) mass is 281 g/mol. The van der Waals surface area contributed by atoms with E-state index in [1.54, 1.807) is 22.8 Å². The Morgan fingerprint density at radius 1 is 1.24 bits per heavy atom. The Morgan fingerprint density at radius 3 is 2.71 bits per heavy atom. The summed E-state index contributed by atoms with van der Waals surface area (Å²) >= 11 is 0. The summed E-state index contributed by atoms with van der Waals surface area (Å²) in [7, 11) is 3.59. The number of hydrogen-bond donors (Lipinski definition) is 0. The van der Waals surface area contributed by atoms with Gasteiger partial charge >= 0.3 is 0 Å². The number of carbonyl (C=O) groups excluding carboxylic acids is 1. The maximum atomic E-state index is 12.4. The maximum Gasteiger partial charge on any atom is 0.274 e. The summed E-state index contributed by atoms with van der Waals surface area (Å²) in [6.45, 7) is 0.487. The van der Waals surface area contributed by atoms with Crippen molar-refractivity contribution in [2.24, 2.45) is 7.05 Å². The zero-order valence-corrected chi connectivity index (χ0v) is 11.9. The zero-order valence-electron chi connectivity index (χ0n) is 11.9. The summed E-state index contributed by atoms with van der Waals surface area (Å²) in [6, 6.07) is 7.49. The lowest BCUT2D eigenvalue weighted by molar-refractivity contribution is 0.0779. The van der Waals surface area contributed by atoms with E-state index in [0.717, 1.165) is 16.6 Å². The van der Waals surface area contributed by atoms with Gasteiger partial charge in [0.15, 0.2) is 0 Å². The van der Waals surface area contributed by atoms with Gasteiger partial charge in [0, 0.05) is 32.4 Å². The maximum absolute atomic E-state index is 12.4. The van der Waals surface area contributed by atoms with Crippen molar-refractivity contribution in [1.29, 1.82) is 0 Å². The Bertz CT molecular complexity index is 795. The van der Waals surface area contributed by atoms with Gasteiger partial charge in [-0.1, -0.05) is 12.1 Å². The van der Waals surface area contributed by atoms with Crippen molar-refractivity contribution in [2.45, 2.75) is 6.54 Å². The first-order valence-electron chi connectivity index (χ1n) is 6.58. The molecule has 1 amide bonds. The van der Waals surface area contributed by atoms with Crippen LogP contribution >= 0.6 is 0 Å². The largest absolute Gasteiger partial charge is 0.336 e. The molecule has 0 radical (unpaired) electrons. The summed E-state index contributed by atoms with van der Waals surface area (Å²) in [6.07, 6.45) is 5.15. The van der Waals surface area contributed by atoms with E-state index in [1.165, 1.54) is 6.20 Å². The Balaban J connectivity index is 1.82. The van der Waals surface area contributed by atoms with Crippen molar-refractivity contribution in [3.8, 4) is 0 Å². The van der Waals surface area contributed by atoms with Gasteiger partial charge in [-0.2, -0.15) is 5.10 Å². The van der Waals surface area contributed by atoms with E-state index in [0.29, 0.717) is 12.2 Å². The van der Waals surface area contributed by atoms with Crippen molar-refractivity contribution >= 4 is 16.9 Å². The van der Waals surface area contributed by atoms with Gasteiger partial charge in [0.2, 0.25) is 0 Å². The first kappa shape index (κ1) is 13.2. The predicted octanol–water partition coefficient (Wildman–Crippen LogP) is 1.64. The van der Waals surface area contributed by atoms with Gasteiger partial charge in [-0.15, -0.1) is 0 Å². The molecule has 0 unspecified atom stereocenters. The highest BCUT2D eigenvalue weighted by Crippen LogP contribution is 2.11. The van der Waals surface area contributed by atoms with Crippen molar-refractivity contribution in [3.63, 3.8) is 0 Å². The van der Waals surface area contributed by atoms with E-state index in [2.05, 4.69) is 15.1 Å². The number of nitrogens with zero attached hydrogens (tertiary/aromatic N) is 5. The number of amides is 1. The molecule has 2 aromatic heterocycles. The molecule has 106 valence electrons. The number of rotatable bonds is 3. The number of benzene rings is 1. The van der Waals surface area contributed by atoms with Crippen molar-refractivity contribution in [2.75, 3.05) is 7.05 Å². The third kappa shape index (κ3) is 2.74. The number of aryl methyl sites for hydroxylation is 1. The van der Waals surface area contributed by atoms with Gasteiger partial charge in [0.25, 0.3) is 5.91 Å². The van der Waals surface area contributed by atoms with Crippen LogP contribution in [0.4, 0.5) is 0 Å². The van der Waals surface area contributed by atoms with Crippen LogP contribution in [0.1, 0.15) is 16.1 Å². The Labute approximate surface area is 122 Å². The van der Waals surface area contributed by atoms with Crippen LogP contribution in [0, 0.1) is 0 Å². The lowest BCUT2D eigenvalue weighted by atomic mass is 10.2. The average Bonchev–Trinajstić information content (AvgIpc) is 2.91. The van der Waals surface area contributed by atoms with E-state index in [9.17, 15) is 4.79 Å². The lowest BCUT2D eigenvalue weighted by Crippen LogP contribution is -2.27. The molecule has 1 aromatic carbocycles. The fraction of sp³-hybridized carbons (Fsp3) is 0.200. The van der Waals surface area contributed by atoms with Crippen LogP contribution in [0.5, 0.6) is 0 Å². The van der Waals surface area contributed by atoms with Crippen molar-refractivity contribution in [3.05, 3.63) is 54.1 Å². The number of aromatic nitrogens is 4. The molecule has 3 aromatic rings. The fourth-order valence-electron chi connectivity index (χ4n) is 2.15. The minimum atomic E-state index is -0.155. The smallest absolute Gasteiger partial charge is 0.274 e. The van der Waals surface area contributed by atoms with E-state index >= 15 is 0 Å². The first-order chi connectivity index (χ1) is 10.1. The molecule has 6 nitrogen and oxygen atoms in total. The average molecular weight is 281 g/mol. The van der Waals surface area contributed by atoms with E-state index in [4.69, 9.17) is 0 Å². The second kappa shape index (κ2) is 5.32. The van der Waals surface area contributed by atoms with Crippen LogP contribution in [-0.2, 0) is 13.6 Å². The summed E-state index contributed by atoms with van der Waals surface area (Å²) in [5, 5.41) is 4.09. The third-order valence-corrected chi connectivity index (χ3v) is 3.19. The molecule has 0 N–H and O–H groups in total. The molecule has 0 bridgehead atoms. The topological polar surface area (TPSA) is 63.9 Å². The molecule has 0 saturated heterocycles. The van der Waals surface area contributed by atoms with Crippen LogP contribution in [0.15, 0.2) is 42.9 Å². The SMILES string of the molecule is CN(Cc1cnn(C)c1)C(=O)c1cnc2ccccc2n1. The van der Waals surface area contributed by atoms with Gasteiger partial charge < -0.3 is 4.90 Å². The lowest BCUT2D eigenvalue weighted by Gasteiger charge is -2.15. The highest BCUT2D eigenvalue weighted by Gasteiger charge is 2.15. The molecule has 2 heterocycles. The Hall–Kier alpha value is -2.76. The van der Waals surface area contributed by atoms with Gasteiger partial charge in [-0.25, -0.2) is 4.98 Å². The molecule has 0 fully saturated rings. The molecule has 0 aliphatic heterocycles. The predicted molar refractivity (Wildman–Crippen MR) is 78.5 cm³/mol. The van der Waals surface area contributed by atoms with Crippen LogP contribution in [0.2, 0.25) is 0 Å². The van der Waals surface area contributed by atoms with Gasteiger partial charge in [-0.3, -0.25) is 14.5 Å². The molecule has 6 heteroatoms. The first-order valence-corrected chi connectivity index (χ1v) is 6.58. The molecule has 0 spiro atoms. The Kier molecular flexibility index (Phi) is 3.35. The van der Waals surface area contributed by atoms with E-state index in [1.807, 2.05) is 37.5 Å². The normalized spacial score (nSPS) is 10.8. The van der Waals surface area contributed by atoms with Crippen molar-refractivity contribution < 1.29 is 4.79 Å². The highest BCUT2D eigenvalue weighted by molar-refractivity contribution is 5.93. The molecular weight excluding hydrogens is 266 g/mol. The molecule has 0 aliphatic rings. The number of hydrogen-bond acceptors (Lipinski definition) is 4. The Morgan fingerprint density at radius 2 is 2.00 bits per heavy atom. The second-order valence-corrected chi connectivity index (χ2v) is 4.93. The number of fused-ring (bicyclic) bond motifs is 1. The zero-order chi connectivity index (χ0) is 14.8. The molecule has 0 aliphatic carbocycles. The standard InChI is InChI=1S/C15H15N5O/c1-19(9-11-7-17-20(2)10-11)15(21)14-8-16-12-5-3-4-6-13(12)18-14/h3-8,10H,9H2,1-2H3. The van der Waals surface area contributed by atoms with Crippen LogP contribution in [-0.4, -0.2) is 37.6 Å². The van der Waals surface area contributed by atoms with Gasteiger partial charge in [0.05, 0.1) is 23.4 Å². The molecule has 21 heavy (non-hydrogen) atoms. The minimum absolute atomic E-state index is 0.155. The quantitative estimate of drug-likeness (QED) is 0.732. The highest BCUT2D eigenvalue weighted by atomic mass is 16.2. The summed E-state index contributed by atoms with van der Waals surface area (Å²) in [5.74, 6) is -0.155. The van der Waals surface area contributed by atoms with E-state index < -0.39 is 0 Å².